The fourth-order valence-electron chi connectivity index (χ4n) is 2.58. The Morgan fingerprint density at radius 2 is 2.17 bits per heavy atom. The van der Waals surface area contributed by atoms with Gasteiger partial charge in [0.15, 0.2) is 5.69 Å². The number of anilines is 1. The van der Waals surface area contributed by atoms with Crippen molar-refractivity contribution in [3.05, 3.63) is 64.7 Å². The zero-order chi connectivity index (χ0) is 17.2. The van der Waals surface area contributed by atoms with Crippen molar-refractivity contribution >= 4 is 28.8 Å². The highest BCUT2D eigenvalue weighted by molar-refractivity contribution is 7.06. The van der Waals surface area contributed by atoms with Gasteiger partial charge < -0.3 is 10.4 Å². The summed E-state index contributed by atoms with van der Waals surface area (Å²) in [6.07, 6.45) is 6.11. The molecule has 0 radical (unpaired) electrons. The number of carboxylic acids is 1. The second kappa shape index (κ2) is 6.30. The molecule has 0 saturated carbocycles. The number of aryl methyl sites for hydroxylation is 1. The highest BCUT2D eigenvalue weighted by Gasteiger charge is 2.31. The van der Waals surface area contributed by atoms with Crippen LogP contribution in [0.25, 0.3) is 5.57 Å². The van der Waals surface area contributed by atoms with Crippen molar-refractivity contribution in [2.75, 3.05) is 5.32 Å². The van der Waals surface area contributed by atoms with Gasteiger partial charge in [0.1, 0.15) is 5.54 Å². The van der Waals surface area contributed by atoms with E-state index in [1.807, 2.05) is 42.5 Å². The quantitative estimate of drug-likeness (QED) is 0.884. The Morgan fingerprint density at radius 3 is 2.75 bits per heavy atom. The summed E-state index contributed by atoms with van der Waals surface area (Å²) in [5.74, 6) is -1.10. The summed E-state index contributed by atoms with van der Waals surface area (Å²) in [5, 5.41) is 22.0. The predicted octanol–water partition coefficient (Wildman–Crippen LogP) is 3.87. The average molecular weight is 337 g/mol. The zero-order valence-electron chi connectivity index (χ0n) is 13.0. The number of aromatic carboxylic acids is 1. The van der Waals surface area contributed by atoms with Gasteiger partial charge >= 0.3 is 5.97 Å². The lowest BCUT2D eigenvalue weighted by atomic mass is 9.87. The topological polar surface area (TPSA) is 86.0 Å². The third-order valence-corrected chi connectivity index (χ3v) is 4.66. The van der Waals surface area contributed by atoms with Crippen LogP contribution in [0, 0.1) is 18.3 Å². The van der Waals surface area contributed by atoms with Crippen LogP contribution in [0.4, 0.5) is 5.69 Å². The van der Waals surface area contributed by atoms with Crippen LogP contribution in [0.15, 0.2) is 48.6 Å². The van der Waals surface area contributed by atoms with Crippen LogP contribution in [0.2, 0.25) is 0 Å². The lowest BCUT2D eigenvalue weighted by molar-refractivity contribution is 0.0693. The molecule has 1 aromatic carbocycles. The molecule has 6 heteroatoms. The van der Waals surface area contributed by atoms with Gasteiger partial charge in [-0.2, -0.15) is 9.64 Å². The molecular formula is C18H15N3O2S. The van der Waals surface area contributed by atoms with Gasteiger partial charge in [0.25, 0.3) is 0 Å². The summed E-state index contributed by atoms with van der Waals surface area (Å²) in [6.45, 7) is 1.79. The molecule has 1 aliphatic carbocycles. The number of carbonyl (C=O) groups is 1. The number of nitrogens with one attached hydrogen (secondary N) is 1. The van der Waals surface area contributed by atoms with Crippen LogP contribution in [0.3, 0.4) is 0 Å². The first kappa shape index (κ1) is 16.0. The molecular weight excluding hydrogens is 322 g/mol. The minimum absolute atomic E-state index is 0.0432. The van der Waals surface area contributed by atoms with Gasteiger partial charge in [0.2, 0.25) is 0 Å². The first-order valence-electron chi connectivity index (χ1n) is 7.38. The van der Waals surface area contributed by atoms with E-state index in [0.717, 1.165) is 27.5 Å². The number of hydrogen-bond donors (Lipinski definition) is 2. The number of rotatable bonds is 4. The predicted molar refractivity (Wildman–Crippen MR) is 94.0 cm³/mol. The maximum absolute atomic E-state index is 11.3. The fraction of sp³-hybridized carbons (Fsp3) is 0.167. The second-order valence-electron chi connectivity index (χ2n) is 5.54. The van der Waals surface area contributed by atoms with Crippen molar-refractivity contribution in [1.29, 1.82) is 5.26 Å². The van der Waals surface area contributed by atoms with Crippen molar-refractivity contribution < 1.29 is 9.90 Å². The molecule has 1 aromatic heterocycles. The molecule has 0 spiro atoms. The monoisotopic (exact) mass is 337 g/mol. The Balaban J connectivity index is 1.88. The third-order valence-electron chi connectivity index (χ3n) is 3.91. The molecule has 0 bridgehead atoms. The number of aromatic nitrogens is 1. The van der Waals surface area contributed by atoms with Crippen molar-refractivity contribution in [1.82, 2.24) is 4.37 Å². The number of nitrogens with zero attached hydrogens (tertiary/aromatic N) is 2. The van der Waals surface area contributed by atoms with E-state index in [2.05, 4.69) is 15.8 Å². The lowest BCUT2D eigenvalue weighted by Gasteiger charge is -2.27. The van der Waals surface area contributed by atoms with Gasteiger partial charge in [0.05, 0.1) is 11.8 Å². The summed E-state index contributed by atoms with van der Waals surface area (Å²) in [5.41, 5.74) is 1.52. The summed E-state index contributed by atoms with van der Waals surface area (Å²) in [4.78, 5) is 12.0. The van der Waals surface area contributed by atoms with E-state index < -0.39 is 11.5 Å². The van der Waals surface area contributed by atoms with Crippen LogP contribution in [-0.4, -0.2) is 21.0 Å². The highest BCUT2D eigenvalue weighted by atomic mass is 32.1. The zero-order valence-corrected chi connectivity index (χ0v) is 13.8. The molecule has 3 rings (SSSR count). The Labute approximate surface area is 143 Å². The molecule has 0 amide bonds. The molecule has 1 heterocycles. The maximum atomic E-state index is 11.3. The lowest BCUT2D eigenvalue weighted by Crippen LogP contribution is -2.35. The van der Waals surface area contributed by atoms with Crippen molar-refractivity contribution in [2.24, 2.45) is 0 Å². The standard InChI is InChI=1S/C18H15N3O2S/c1-12-15(16(17(22)23)21-24-12)20-18(11-19)9-7-14(8-10-18)13-5-3-2-4-6-13/h2-9,20H,10H2,1H3,(H,22,23). The Kier molecular flexibility index (Phi) is 4.19. The smallest absolute Gasteiger partial charge is 0.357 e. The van der Waals surface area contributed by atoms with E-state index in [-0.39, 0.29) is 5.69 Å². The Morgan fingerprint density at radius 1 is 1.42 bits per heavy atom. The summed E-state index contributed by atoms with van der Waals surface area (Å²) < 4.78 is 3.94. The van der Waals surface area contributed by atoms with Crippen LogP contribution in [0.1, 0.15) is 27.3 Å². The van der Waals surface area contributed by atoms with E-state index in [0.29, 0.717) is 12.1 Å². The third kappa shape index (κ3) is 2.94. The number of allylic oxidation sites excluding steroid dienone is 2. The van der Waals surface area contributed by atoms with Crippen LogP contribution < -0.4 is 5.32 Å². The average Bonchev–Trinajstić information content (AvgIpc) is 2.97. The van der Waals surface area contributed by atoms with E-state index >= 15 is 0 Å². The normalized spacial score (nSPS) is 19.4. The molecule has 120 valence electrons. The second-order valence-corrected chi connectivity index (χ2v) is 6.52. The molecule has 2 aromatic rings. The molecule has 5 nitrogen and oxygen atoms in total. The fourth-order valence-corrected chi connectivity index (χ4v) is 3.21. The van der Waals surface area contributed by atoms with E-state index in [9.17, 15) is 15.2 Å². The van der Waals surface area contributed by atoms with Gasteiger partial charge in [-0.05, 0) is 35.7 Å². The first-order valence-corrected chi connectivity index (χ1v) is 8.16. The Bertz CT molecular complexity index is 877. The number of hydrogen-bond acceptors (Lipinski definition) is 5. The van der Waals surface area contributed by atoms with Crippen molar-refractivity contribution in [2.45, 2.75) is 18.9 Å². The molecule has 1 atom stereocenters. The van der Waals surface area contributed by atoms with Gasteiger partial charge in [-0.3, -0.25) is 0 Å². The van der Waals surface area contributed by atoms with E-state index in [1.54, 1.807) is 13.0 Å². The largest absolute Gasteiger partial charge is 0.476 e. The van der Waals surface area contributed by atoms with Crippen LogP contribution >= 0.6 is 11.5 Å². The summed E-state index contributed by atoms with van der Waals surface area (Å²) in [6, 6.07) is 12.2. The van der Waals surface area contributed by atoms with E-state index in [4.69, 9.17) is 0 Å². The number of benzene rings is 1. The number of carboxylic acid groups (broad SMARTS) is 1. The summed E-state index contributed by atoms with van der Waals surface area (Å²) in [7, 11) is 0. The van der Waals surface area contributed by atoms with Gasteiger partial charge in [-0.1, -0.05) is 42.5 Å². The minimum atomic E-state index is -1.10. The highest BCUT2D eigenvalue weighted by Crippen LogP contribution is 2.33. The molecule has 1 unspecified atom stereocenters. The van der Waals surface area contributed by atoms with Crippen molar-refractivity contribution in [3.8, 4) is 6.07 Å². The van der Waals surface area contributed by atoms with Crippen LogP contribution in [-0.2, 0) is 0 Å². The summed E-state index contributed by atoms with van der Waals surface area (Å²) >= 11 is 1.11. The van der Waals surface area contributed by atoms with E-state index in [1.165, 1.54) is 0 Å². The van der Waals surface area contributed by atoms with Gasteiger partial charge in [0, 0.05) is 11.3 Å². The molecule has 1 aliphatic rings. The first-order chi connectivity index (χ1) is 11.5. The minimum Gasteiger partial charge on any atom is -0.476 e. The number of nitriles is 1. The SMILES string of the molecule is Cc1snc(C(=O)O)c1NC1(C#N)C=CC(c2ccccc2)=CC1. The molecule has 24 heavy (non-hydrogen) atoms. The van der Waals surface area contributed by atoms with Crippen molar-refractivity contribution in [3.63, 3.8) is 0 Å². The Hall–Kier alpha value is -2.91. The molecule has 0 fully saturated rings. The van der Waals surface area contributed by atoms with Gasteiger partial charge in [-0.25, -0.2) is 4.79 Å². The molecule has 2 N–H and O–H groups in total. The van der Waals surface area contributed by atoms with Crippen LogP contribution in [0.5, 0.6) is 0 Å². The molecule has 0 aliphatic heterocycles. The maximum Gasteiger partial charge on any atom is 0.357 e. The van der Waals surface area contributed by atoms with Gasteiger partial charge in [-0.15, -0.1) is 0 Å². The molecule has 0 saturated heterocycles.